The molecule has 0 bridgehead atoms. The lowest BCUT2D eigenvalue weighted by Crippen LogP contribution is -2.56. The van der Waals surface area contributed by atoms with E-state index in [9.17, 15) is 35.1 Å². The number of hydrogen-bond donors (Lipinski definition) is 7. The molecule has 1 aliphatic carbocycles. The van der Waals surface area contributed by atoms with Crippen molar-refractivity contribution in [1.29, 1.82) is 0 Å². The van der Waals surface area contributed by atoms with Crippen LogP contribution < -0.4 is 10.6 Å². The van der Waals surface area contributed by atoms with E-state index >= 15 is 0 Å². The van der Waals surface area contributed by atoms with Crippen molar-refractivity contribution in [1.82, 2.24) is 10.6 Å². The fourth-order valence-electron chi connectivity index (χ4n) is 3.59. The van der Waals surface area contributed by atoms with Crippen molar-refractivity contribution in [2.24, 2.45) is 0 Å². The van der Waals surface area contributed by atoms with Gasteiger partial charge in [-0.15, -0.1) is 0 Å². The summed E-state index contributed by atoms with van der Waals surface area (Å²) in [6, 6.07) is 7.22. The Morgan fingerprint density at radius 2 is 1.15 bits per heavy atom. The van der Waals surface area contributed by atoms with Crippen molar-refractivity contribution in [3.63, 3.8) is 0 Å². The summed E-state index contributed by atoms with van der Waals surface area (Å²) in [5.41, 5.74) is 1.03. The van der Waals surface area contributed by atoms with Gasteiger partial charge in [0.05, 0.1) is 18.2 Å². The maximum atomic E-state index is 12.3. The minimum atomic E-state index is -0.983. The van der Waals surface area contributed by atoms with Crippen LogP contribution in [-0.2, 0) is 9.59 Å². The summed E-state index contributed by atoms with van der Waals surface area (Å²) < 4.78 is 0. The van der Waals surface area contributed by atoms with E-state index in [-0.39, 0.29) is 23.0 Å². The SMILES string of the molecule is O=C(C=Cc1ccc(O)c(O)c1)N[C@H]1CCC[C@H](NC(=O)C=Cc2ccc(O)c(O)c2)C1O. The van der Waals surface area contributed by atoms with Crippen LogP contribution in [0.15, 0.2) is 48.6 Å². The molecule has 2 aromatic carbocycles. The van der Waals surface area contributed by atoms with Crippen molar-refractivity contribution in [2.75, 3.05) is 0 Å². The molecule has 3 rings (SSSR count). The zero-order valence-electron chi connectivity index (χ0n) is 17.7. The van der Waals surface area contributed by atoms with E-state index in [2.05, 4.69) is 10.6 Å². The average molecular weight is 454 g/mol. The smallest absolute Gasteiger partial charge is 0.244 e. The van der Waals surface area contributed by atoms with Crippen molar-refractivity contribution >= 4 is 24.0 Å². The van der Waals surface area contributed by atoms with Crippen LogP contribution >= 0.6 is 0 Å². The number of carbonyl (C=O) groups excluding carboxylic acids is 2. The van der Waals surface area contributed by atoms with Crippen molar-refractivity contribution in [3.05, 3.63) is 59.7 Å². The molecule has 0 radical (unpaired) electrons. The first kappa shape index (κ1) is 23.7. The van der Waals surface area contributed by atoms with Crippen LogP contribution in [0.25, 0.3) is 12.2 Å². The predicted octanol–water partition coefficient (Wildman–Crippen LogP) is 1.75. The number of phenolic OH excluding ortho intramolecular Hbond substituents is 4. The first-order chi connectivity index (χ1) is 15.7. The highest BCUT2D eigenvalue weighted by Gasteiger charge is 2.33. The number of rotatable bonds is 6. The molecule has 2 atom stereocenters. The van der Waals surface area contributed by atoms with Gasteiger partial charge in [-0.25, -0.2) is 0 Å². The molecule has 0 saturated heterocycles. The van der Waals surface area contributed by atoms with E-state index in [0.717, 1.165) is 0 Å². The average Bonchev–Trinajstić information content (AvgIpc) is 2.78. The molecule has 2 amide bonds. The van der Waals surface area contributed by atoms with Gasteiger partial charge in [0, 0.05) is 12.2 Å². The lowest BCUT2D eigenvalue weighted by atomic mass is 9.88. The fourth-order valence-corrected chi connectivity index (χ4v) is 3.59. The largest absolute Gasteiger partial charge is 0.504 e. The second kappa shape index (κ2) is 10.6. The van der Waals surface area contributed by atoms with Crippen LogP contribution in [0.4, 0.5) is 0 Å². The maximum Gasteiger partial charge on any atom is 0.244 e. The summed E-state index contributed by atoms with van der Waals surface area (Å²) >= 11 is 0. The highest BCUT2D eigenvalue weighted by atomic mass is 16.3. The number of aromatic hydroxyl groups is 4. The Bertz CT molecular complexity index is 997. The zero-order chi connectivity index (χ0) is 24.0. The number of carbonyl (C=O) groups is 2. The molecule has 0 spiro atoms. The van der Waals surface area contributed by atoms with Crippen molar-refractivity contribution in [3.8, 4) is 23.0 Å². The molecule has 0 heterocycles. The monoisotopic (exact) mass is 454 g/mol. The lowest BCUT2D eigenvalue weighted by molar-refractivity contribution is -0.119. The number of amides is 2. The quantitative estimate of drug-likeness (QED) is 0.259. The van der Waals surface area contributed by atoms with E-state index in [1.54, 1.807) is 0 Å². The topological polar surface area (TPSA) is 159 Å². The van der Waals surface area contributed by atoms with E-state index < -0.39 is 30.0 Å². The molecule has 0 aliphatic heterocycles. The fraction of sp³-hybridized carbons (Fsp3) is 0.250. The van der Waals surface area contributed by atoms with Gasteiger partial charge >= 0.3 is 0 Å². The van der Waals surface area contributed by atoms with Crippen molar-refractivity contribution in [2.45, 2.75) is 37.5 Å². The van der Waals surface area contributed by atoms with Crippen LogP contribution in [0.1, 0.15) is 30.4 Å². The highest BCUT2D eigenvalue weighted by Crippen LogP contribution is 2.26. The van der Waals surface area contributed by atoms with Crippen molar-refractivity contribution < 1.29 is 35.1 Å². The molecule has 174 valence electrons. The van der Waals surface area contributed by atoms with Gasteiger partial charge in [-0.3, -0.25) is 9.59 Å². The van der Waals surface area contributed by atoms with Gasteiger partial charge in [-0.1, -0.05) is 12.1 Å². The van der Waals surface area contributed by atoms with Gasteiger partial charge < -0.3 is 36.2 Å². The minimum absolute atomic E-state index is 0.258. The minimum Gasteiger partial charge on any atom is -0.504 e. The number of hydrogen-bond acceptors (Lipinski definition) is 7. The standard InChI is InChI=1S/C24H26N2O7/c27-18-8-4-14(12-20(18)29)6-10-22(31)25-16-2-1-3-17(24(16)33)26-23(32)11-7-15-5-9-19(28)21(30)13-15/h4-13,16-17,24,27-30,33H,1-3H2,(H,25,31)(H,26,32)/t16-,17-,24?/m0/s1. The molecule has 33 heavy (non-hydrogen) atoms. The Kier molecular flexibility index (Phi) is 7.57. The molecule has 2 aromatic rings. The molecular weight excluding hydrogens is 428 g/mol. The molecule has 9 nitrogen and oxygen atoms in total. The summed E-state index contributed by atoms with van der Waals surface area (Å²) in [5, 5.41) is 53.8. The Morgan fingerprint density at radius 3 is 1.55 bits per heavy atom. The van der Waals surface area contributed by atoms with Gasteiger partial charge in [-0.05, 0) is 66.8 Å². The Morgan fingerprint density at radius 1 is 0.727 bits per heavy atom. The Hall–Kier alpha value is -3.98. The molecular formula is C24H26N2O7. The highest BCUT2D eigenvalue weighted by molar-refractivity contribution is 5.93. The van der Waals surface area contributed by atoms with Crippen LogP contribution in [0, 0.1) is 0 Å². The number of benzene rings is 2. The summed E-state index contributed by atoms with van der Waals surface area (Å²) in [6.45, 7) is 0. The lowest BCUT2D eigenvalue weighted by Gasteiger charge is -2.35. The van der Waals surface area contributed by atoms with Gasteiger partial charge in [0.1, 0.15) is 0 Å². The third-order valence-electron chi connectivity index (χ3n) is 5.36. The second-order valence-electron chi connectivity index (χ2n) is 7.81. The predicted molar refractivity (Wildman–Crippen MR) is 121 cm³/mol. The Labute approximate surface area is 190 Å². The normalized spacial score (nSPS) is 20.7. The summed E-state index contributed by atoms with van der Waals surface area (Å²) in [6.07, 6.45) is 6.27. The summed E-state index contributed by atoms with van der Waals surface area (Å²) in [5.74, 6) is -1.99. The van der Waals surface area contributed by atoms with Gasteiger partial charge in [-0.2, -0.15) is 0 Å². The van der Waals surface area contributed by atoms with Crippen LogP contribution in [0.2, 0.25) is 0 Å². The molecule has 1 aliphatic rings. The summed E-state index contributed by atoms with van der Waals surface area (Å²) in [7, 11) is 0. The summed E-state index contributed by atoms with van der Waals surface area (Å²) in [4.78, 5) is 24.5. The molecule has 1 fully saturated rings. The van der Waals surface area contributed by atoms with Gasteiger partial charge in [0.25, 0.3) is 0 Å². The zero-order valence-corrected chi connectivity index (χ0v) is 17.7. The van der Waals surface area contributed by atoms with Gasteiger partial charge in [0.2, 0.25) is 11.8 Å². The number of aliphatic hydroxyl groups is 1. The first-order valence-electron chi connectivity index (χ1n) is 10.4. The van der Waals surface area contributed by atoms with E-state index in [4.69, 9.17) is 0 Å². The maximum absolute atomic E-state index is 12.3. The number of nitrogens with one attached hydrogen (secondary N) is 2. The number of phenols is 4. The molecule has 9 heteroatoms. The second-order valence-corrected chi connectivity index (χ2v) is 7.81. The molecule has 7 N–H and O–H groups in total. The van der Waals surface area contributed by atoms with E-state index in [1.165, 1.54) is 60.7 Å². The third-order valence-corrected chi connectivity index (χ3v) is 5.36. The van der Waals surface area contributed by atoms with Crippen LogP contribution in [-0.4, -0.2) is 55.5 Å². The number of aliphatic hydroxyl groups excluding tert-OH is 1. The van der Waals surface area contributed by atoms with E-state index in [0.29, 0.717) is 30.4 Å². The van der Waals surface area contributed by atoms with Gasteiger partial charge in [0.15, 0.2) is 23.0 Å². The van der Waals surface area contributed by atoms with Crippen LogP contribution in [0.3, 0.4) is 0 Å². The molecule has 0 unspecified atom stereocenters. The van der Waals surface area contributed by atoms with Crippen LogP contribution in [0.5, 0.6) is 23.0 Å². The third kappa shape index (κ3) is 6.50. The Balaban J connectivity index is 1.54. The van der Waals surface area contributed by atoms with E-state index in [1.807, 2.05) is 0 Å². The molecule has 1 saturated carbocycles. The first-order valence-corrected chi connectivity index (χ1v) is 10.4. The molecule has 0 aromatic heterocycles.